The van der Waals surface area contributed by atoms with Crippen molar-refractivity contribution in [3.05, 3.63) is 36.0 Å². The molecule has 1 aliphatic carbocycles. The summed E-state index contributed by atoms with van der Waals surface area (Å²) in [5, 5.41) is 5.12. The summed E-state index contributed by atoms with van der Waals surface area (Å²) in [6.45, 7) is 2.40. The van der Waals surface area contributed by atoms with Crippen molar-refractivity contribution in [1.29, 1.82) is 0 Å². The van der Waals surface area contributed by atoms with Crippen LogP contribution in [0.15, 0.2) is 30.3 Å². The van der Waals surface area contributed by atoms with Crippen molar-refractivity contribution in [2.45, 2.75) is 44.7 Å². The molecule has 0 bridgehead atoms. The Morgan fingerprint density at radius 3 is 2.79 bits per heavy atom. The fraction of sp³-hybridized carbons (Fsp3) is 0.529. The van der Waals surface area contributed by atoms with E-state index in [1.54, 1.807) is 0 Å². The number of fused-ring (bicyclic) bond motifs is 1. The molecule has 0 unspecified atom stereocenters. The molecule has 1 saturated heterocycles. The van der Waals surface area contributed by atoms with Crippen molar-refractivity contribution in [2.75, 3.05) is 6.54 Å². The SMILES string of the molecule is c1ccc2c(c1)cc([C@H]1CCCCN1)n2CC1CC1. The van der Waals surface area contributed by atoms with Crippen molar-refractivity contribution >= 4 is 10.9 Å². The Balaban J connectivity index is 1.77. The third-order valence-electron chi connectivity index (χ3n) is 4.65. The van der Waals surface area contributed by atoms with Gasteiger partial charge in [0.05, 0.1) is 0 Å². The third-order valence-corrected chi connectivity index (χ3v) is 4.65. The zero-order chi connectivity index (χ0) is 12.7. The number of nitrogens with one attached hydrogen (secondary N) is 1. The number of para-hydroxylation sites is 1. The predicted molar refractivity (Wildman–Crippen MR) is 79.3 cm³/mol. The monoisotopic (exact) mass is 254 g/mol. The molecule has 1 aliphatic heterocycles. The van der Waals surface area contributed by atoms with Crippen LogP contribution in [0.1, 0.15) is 43.8 Å². The molecule has 2 nitrogen and oxygen atoms in total. The molecular formula is C17H22N2. The molecule has 1 atom stereocenters. The second-order valence-electron chi connectivity index (χ2n) is 6.18. The number of aromatic nitrogens is 1. The lowest BCUT2D eigenvalue weighted by Crippen LogP contribution is -2.28. The van der Waals surface area contributed by atoms with Gasteiger partial charge in [0, 0.05) is 23.8 Å². The first kappa shape index (κ1) is 11.5. The predicted octanol–water partition coefficient (Wildman–Crippen LogP) is 3.87. The molecular weight excluding hydrogens is 232 g/mol. The molecule has 2 fully saturated rings. The topological polar surface area (TPSA) is 17.0 Å². The van der Waals surface area contributed by atoms with Gasteiger partial charge in [-0.1, -0.05) is 24.6 Å². The third kappa shape index (κ3) is 2.18. The fourth-order valence-electron chi connectivity index (χ4n) is 3.39. The zero-order valence-electron chi connectivity index (χ0n) is 11.4. The van der Waals surface area contributed by atoms with Crippen molar-refractivity contribution in [1.82, 2.24) is 9.88 Å². The summed E-state index contributed by atoms with van der Waals surface area (Å²) in [6, 6.07) is 11.8. The van der Waals surface area contributed by atoms with Crippen LogP contribution in [0.25, 0.3) is 10.9 Å². The molecule has 1 N–H and O–H groups in total. The minimum absolute atomic E-state index is 0.569. The van der Waals surface area contributed by atoms with E-state index in [9.17, 15) is 0 Å². The second kappa shape index (κ2) is 4.68. The van der Waals surface area contributed by atoms with Crippen molar-refractivity contribution in [3.8, 4) is 0 Å². The number of hydrogen-bond donors (Lipinski definition) is 1. The minimum atomic E-state index is 0.569. The number of piperidine rings is 1. The second-order valence-corrected chi connectivity index (χ2v) is 6.18. The molecule has 19 heavy (non-hydrogen) atoms. The van der Waals surface area contributed by atoms with E-state index in [2.05, 4.69) is 40.2 Å². The quantitative estimate of drug-likeness (QED) is 0.880. The van der Waals surface area contributed by atoms with Gasteiger partial charge in [-0.3, -0.25) is 0 Å². The maximum absolute atomic E-state index is 3.71. The van der Waals surface area contributed by atoms with Gasteiger partial charge in [0.25, 0.3) is 0 Å². The Kier molecular flexibility index (Phi) is 2.84. The van der Waals surface area contributed by atoms with E-state index < -0.39 is 0 Å². The number of hydrogen-bond acceptors (Lipinski definition) is 1. The van der Waals surface area contributed by atoms with Crippen LogP contribution < -0.4 is 5.32 Å². The first-order valence-electron chi connectivity index (χ1n) is 7.73. The number of nitrogens with zero attached hydrogens (tertiary/aromatic N) is 1. The summed E-state index contributed by atoms with van der Waals surface area (Å²) in [6.07, 6.45) is 6.83. The van der Waals surface area contributed by atoms with E-state index in [1.165, 1.54) is 61.8 Å². The molecule has 100 valence electrons. The van der Waals surface area contributed by atoms with Crippen LogP contribution in [0.3, 0.4) is 0 Å². The van der Waals surface area contributed by atoms with Gasteiger partial charge in [0.15, 0.2) is 0 Å². The van der Waals surface area contributed by atoms with Crippen LogP contribution in [-0.4, -0.2) is 11.1 Å². The summed E-state index contributed by atoms with van der Waals surface area (Å²) in [5.74, 6) is 0.929. The standard InChI is InChI=1S/C17H22N2/c1-2-7-16-14(5-1)11-17(15-6-3-4-10-18-15)19(16)12-13-8-9-13/h1-2,5,7,11,13,15,18H,3-4,6,8-10,12H2/t15-/m1/s1. The Morgan fingerprint density at radius 1 is 1.11 bits per heavy atom. The highest BCUT2D eigenvalue weighted by Gasteiger charge is 2.26. The van der Waals surface area contributed by atoms with Crippen LogP contribution in [0, 0.1) is 5.92 Å². The Bertz CT molecular complexity index is 574. The Labute approximate surface area is 114 Å². The molecule has 2 aliphatic rings. The van der Waals surface area contributed by atoms with Crippen LogP contribution in [-0.2, 0) is 6.54 Å². The first-order chi connectivity index (χ1) is 9.42. The van der Waals surface area contributed by atoms with Gasteiger partial charge < -0.3 is 9.88 Å². The van der Waals surface area contributed by atoms with Gasteiger partial charge in [-0.15, -0.1) is 0 Å². The van der Waals surface area contributed by atoms with Gasteiger partial charge in [-0.2, -0.15) is 0 Å². The van der Waals surface area contributed by atoms with Crippen molar-refractivity contribution < 1.29 is 0 Å². The maximum atomic E-state index is 3.71. The lowest BCUT2D eigenvalue weighted by Gasteiger charge is -2.25. The summed E-state index contributed by atoms with van der Waals surface area (Å²) in [4.78, 5) is 0. The molecule has 2 heterocycles. The molecule has 2 aromatic rings. The Morgan fingerprint density at radius 2 is 2.00 bits per heavy atom. The molecule has 0 radical (unpaired) electrons. The summed E-state index contributed by atoms with van der Waals surface area (Å²) in [5.41, 5.74) is 2.95. The summed E-state index contributed by atoms with van der Waals surface area (Å²) < 4.78 is 2.59. The molecule has 1 aromatic carbocycles. The first-order valence-corrected chi connectivity index (χ1v) is 7.73. The highest BCUT2D eigenvalue weighted by Crippen LogP contribution is 2.35. The highest BCUT2D eigenvalue weighted by molar-refractivity contribution is 5.81. The van der Waals surface area contributed by atoms with Crippen molar-refractivity contribution in [3.63, 3.8) is 0 Å². The summed E-state index contributed by atoms with van der Waals surface area (Å²) >= 11 is 0. The smallest absolute Gasteiger partial charge is 0.0483 e. The fourth-order valence-corrected chi connectivity index (χ4v) is 3.39. The molecule has 0 spiro atoms. The minimum Gasteiger partial charge on any atom is -0.343 e. The van der Waals surface area contributed by atoms with Crippen LogP contribution in [0.5, 0.6) is 0 Å². The van der Waals surface area contributed by atoms with E-state index in [-0.39, 0.29) is 0 Å². The van der Waals surface area contributed by atoms with E-state index in [1.807, 2.05) is 0 Å². The van der Waals surface area contributed by atoms with Gasteiger partial charge in [0.1, 0.15) is 0 Å². The number of rotatable bonds is 3. The van der Waals surface area contributed by atoms with E-state index >= 15 is 0 Å². The molecule has 4 rings (SSSR count). The van der Waals surface area contributed by atoms with E-state index in [0.29, 0.717) is 6.04 Å². The van der Waals surface area contributed by atoms with Gasteiger partial charge in [-0.05, 0) is 55.7 Å². The molecule has 2 heteroatoms. The van der Waals surface area contributed by atoms with Crippen molar-refractivity contribution in [2.24, 2.45) is 5.92 Å². The average Bonchev–Trinajstić information content (AvgIpc) is 3.21. The van der Waals surface area contributed by atoms with Crippen LogP contribution >= 0.6 is 0 Å². The zero-order valence-corrected chi connectivity index (χ0v) is 11.4. The van der Waals surface area contributed by atoms with Crippen LogP contribution in [0.2, 0.25) is 0 Å². The van der Waals surface area contributed by atoms with E-state index in [0.717, 1.165) is 5.92 Å². The average molecular weight is 254 g/mol. The summed E-state index contributed by atoms with van der Waals surface area (Å²) in [7, 11) is 0. The molecule has 1 saturated carbocycles. The normalized spacial score (nSPS) is 23.9. The lowest BCUT2D eigenvalue weighted by atomic mass is 10.0. The van der Waals surface area contributed by atoms with Gasteiger partial charge >= 0.3 is 0 Å². The van der Waals surface area contributed by atoms with Gasteiger partial charge in [0.2, 0.25) is 0 Å². The van der Waals surface area contributed by atoms with E-state index in [4.69, 9.17) is 0 Å². The number of benzene rings is 1. The van der Waals surface area contributed by atoms with Gasteiger partial charge in [-0.25, -0.2) is 0 Å². The Hall–Kier alpha value is -1.28. The largest absolute Gasteiger partial charge is 0.343 e. The van der Waals surface area contributed by atoms with Crippen LogP contribution in [0.4, 0.5) is 0 Å². The maximum Gasteiger partial charge on any atom is 0.0483 e. The highest BCUT2D eigenvalue weighted by atomic mass is 15.0. The lowest BCUT2D eigenvalue weighted by molar-refractivity contribution is 0.392. The molecule has 0 amide bonds. The molecule has 1 aromatic heterocycles.